The van der Waals surface area contributed by atoms with Crippen molar-refractivity contribution in [2.45, 2.75) is 52.6 Å². The molecular weight excluding hydrogens is 264 g/mol. The zero-order valence-corrected chi connectivity index (χ0v) is 13.5. The van der Waals surface area contributed by atoms with E-state index in [9.17, 15) is 4.79 Å². The lowest BCUT2D eigenvalue weighted by Gasteiger charge is -2.17. The predicted octanol–water partition coefficient (Wildman–Crippen LogP) is 4.77. The van der Waals surface area contributed by atoms with Gasteiger partial charge in [-0.05, 0) is 56.9 Å². The van der Waals surface area contributed by atoms with Crippen molar-refractivity contribution < 1.29 is 14.3 Å². The highest BCUT2D eigenvalue weighted by atomic mass is 16.5. The second kappa shape index (κ2) is 9.22. The third-order valence-corrected chi connectivity index (χ3v) is 3.57. The summed E-state index contributed by atoms with van der Waals surface area (Å²) >= 11 is 0. The van der Waals surface area contributed by atoms with Crippen molar-refractivity contribution in [2.75, 3.05) is 7.11 Å². The molecule has 0 aliphatic heterocycles. The van der Waals surface area contributed by atoms with Gasteiger partial charge in [0.15, 0.2) is 0 Å². The molecule has 116 valence electrons. The zero-order valence-electron chi connectivity index (χ0n) is 13.5. The van der Waals surface area contributed by atoms with Gasteiger partial charge in [-0.25, -0.2) is 4.79 Å². The van der Waals surface area contributed by atoms with Gasteiger partial charge < -0.3 is 9.47 Å². The Labute approximate surface area is 128 Å². The van der Waals surface area contributed by atoms with Gasteiger partial charge in [0.2, 0.25) is 0 Å². The Hall–Kier alpha value is -1.77. The number of carbonyl (C=O) groups is 1. The number of benzene rings is 1. The van der Waals surface area contributed by atoms with Crippen molar-refractivity contribution in [3.8, 4) is 5.75 Å². The first kappa shape index (κ1) is 17.3. The molecule has 0 aromatic heterocycles. The van der Waals surface area contributed by atoms with Gasteiger partial charge in [0, 0.05) is 0 Å². The lowest BCUT2D eigenvalue weighted by atomic mass is 10.1. The van der Waals surface area contributed by atoms with E-state index < -0.39 is 0 Å². The molecule has 1 unspecified atom stereocenters. The van der Waals surface area contributed by atoms with Crippen molar-refractivity contribution in [3.05, 3.63) is 41.5 Å². The van der Waals surface area contributed by atoms with Crippen LogP contribution in [-0.2, 0) is 4.74 Å². The minimum Gasteiger partial charge on any atom is -0.490 e. The van der Waals surface area contributed by atoms with Crippen molar-refractivity contribution in [1.29, 1.82) is 0 Å². The second-order valence-electron chi connectivity index (χ2n) is 5.15. The Morgan fingerprint density at radius 2 is 1.90 bits per heavy atom. The van der Waals surface area contributed by atoms with Crippen LogP contribution in [0.15, 0.2) is 35.9 Å². The maximum absolute atomic E-state index is 11.4. The number of rotatable bonds is 8. The van der Waals surface area contributed by atoms with Gasteiger partial charge in [0.1, 0.15) is 5.75 Å². The van der Waals surface area contributed by atoms with Crippen LogP contribution in [0, 0.1) is 0 Å². The first-order chi connectivity index (χ1) is 10.1. The molecule has 1 rings (SSSR count). The molecule has 0 bridgehead atoms. The topological polar surface area (TPSA) is 35.5 Å². The van der Waals surface area contributed by atoms with Gasteiger partial charge >= 0.3 is 5.97 Å². The fourth-order valence-corrected chi connectivity index (χ4v) is 1.99. The Morgan fingerprint density at radius 3 is 2.43 bits per heavy atom. The van der Waals surface area contributed by atoms with Crippen LogP contribution in [0.1, 0.15) is 56.8 Å². The summed E-state index contributed by atoms with van der Waals surface area (Å²) in [5.74, 6) is 0.472. The molecule has 0 radical (unpaired) electrons. The number of allylic oxidation sites excluding steroid dienone is 2. The van der Waals surface area contributed by atoms with E-state index in [1.165, 1.54) is 12.7 Å². The number of hydrogen-bond donors (Lipinski definition) is 0. The van der Waals surface area contributed by atoms with Crippen LogP contribution in [-0.4, -0.2) is 19.2 Å². The van der Waals surface area contributed by atoms with Gasteiger partial charge in [-0.2, -0.15) is 0 Å². The second-order valence-corrected chi connectivity index (χ2v) is 5.15. The minimum absolute atomic E-state index is 0.204. The number of hydrogen-bond acceptors (Lipinski definition) is 3. The third kappa shape index (κ3) is 6.03. The lowest BCUT2D eigenvalue weighted by molar-refractivity contribution is 0.0600. The molecule has 1 aromatic carbocycles. The average molecular weight is 290 g/mol. The molecule has 0 aliphatic rings. The summed E-state index contributed by atoms with van der Waals surface area (Å²) < 4.78 is 10.6. The van der Waals surface area contributed by atoms with E-state index >= 15 is 0 Å². The fourth-order valence-electron chi connectivity index (χ4n) is 1.99. The minimum atomic E-state index is -0.325. The Morgan fingerprint density at radius 1 is 1.24 bits per heavy atom. The standard InChI is InChI=1S/C18H26O3/c1-5-14(3)8-7-9-16(6-2)21-17-12-10-15(11-13-17)18(19)20-4/h8,10-13,16H,5-7,9H2,1-4H3/b14-8+. The molecule has 1 aromatic rings. The van der Waals surface area contributed by atoms with E-state index in [0.717, 1.165) is 31.4 Å². The molecule has 0 saturated heterocycles. The molecule has 0 amide bonds. The van der Waals surface area contributed by atoms with Crippen LogP contribution in [0.4, 0.5) is 0 Å². The van der Waals surface area contributed by atoms with E-state index in [2.05, 4.69) is 31.6 Å². The highest BCUT2D eigenvalue weighted by Crippen LogP contribution is 2.18. The molecule has 0 N–H and O–H groups in total. The highest BCUT2D eigenvalue weighted by Gasteiger charge is 2.09. The van der Waals surface area contributed by atoms with E-state index in [4.69, 9.17) is 4.74 Å². The van der Waals surface area contributed by atoms with Crippen LogP contribution in [0.5, 0.6) is 5.75 Å². The zero-order chi connectivity index (χ0) is 15.7. The molecular formula is C18H26O3. The smallest absolute Gasteiger partial charge is 0.337 e. The number of methoxy groups -OCH3 is 1. The summed E-state index contributed by atoms with van der Waals surface area (Å²) in [6.45, 7) is 6.46. The van der Waals surface area contributed by atoms with Crippen LogP contribution in [0.25, 0.3) is 0 Å². The largest absolute Gasteiger partial charge is 0.490 e. The van der Waals surface area contributed by atoms with E-state index in [1.807, 2.05) is 12.1 Å². The molecule has 1 atom stereocenters. The van der Waals surface area contributed by atoms with Crippen molar-refractivity contribution in [2.24, 2.45) is 0 Å². The summed E-state index contributed by atoms with van der Waals surface area (Å²) in [5.41, 5.74) is 1.96. The SMILES string of the molecule is CC/C(C)=C/CCC(CC)Oc1ccc(C(=O)OC)cc1. The molecule has 21 heavy (non-hydrogen) atoms. The number of esters is 1. The molecule has 3 nitrogen and oxygen atoms in total. The molecule has 0 saturated carbocycles. The molecule has 0 fully saturated rings. The monoisotopic (exact) mass is 290 g/mol. The van der Waals surface area contributed by atoms with Crippen molar-refractivity contribution >= 4 is 5.97 Å². The summed E-state index contributed by atoms with van der Waals surface area (Å²) in [6.07, 6.45) is 6.61. The first-order valence-electron chi connectivity index (χ1n) is 7.61. The first-order valence-corrected chi connectivity index (χ1v) is 7.61. The van der Waals surface area contributed by atoms with Crippen molar-refractivity contribution in [3.63, 3.8) is 0 Å². The van der Waals surface area contributed by atoms with Gasteiger partial charge in [0.05, 0.1) is 18.8 Å². The maximum Gasteiger partial charge on any atom is 0.337 e. The van der Waals surface area contributed by atoms with Gasteiger partial charge in [-0.15, -0.1) is 0 Å². The normalized spacial score (nSPS) is 12.9. The van der Waals surface area contributed by atoms with Gasteiger partial charge in [-0.1, -0.05) is 25.5 Å². The lowest BCUT2D eigenvalue weighted by Crippen LogP contribution is -2.15. The average Bonchev–Trinajstić information content (AvgIpc) is 2.53. The van der Waals surface area contributed by atoms with E-state index in [-0.39, 0.29) is 12.1 Å². The van der Waals surface area contributed by atoms with Crippen LogP contribution in [0.3, 0.4) is 0 Å². The summed E-state index contributed by atoms with van der Waals surface area (Å²) in [7, 11) is 1.38. The number of carbonyl (C=O) groups excluding carboxylic acids is 1. The Kier molecular flexibility index (Phi) is 7.59. The Bertz CT molecular complexity index is 460. The molecule has 3 heteroatoms. The maximum atomic E-state index is 11.4. The Balaban J connectivity index is 2.55. The van der Waals surface area contributed by atoms with Crippen LogP contribution < -0.4 is 4.74 Å². The summed E-state index contributed by atoms with van der Waals surface area (Å²) in [5, 5.41) is 0. The van der Waals surface area contributed by atoms with Crippen LogP contribution in [0.2, 0.25) is 0 Å². The molecule has 0 spiro atoms. The van der Waals surface area contributed by atoms with E-state index in [1.54, 1.807) is 12.1 Å². The van der Waals surface area contributed by atoms with Gasteiger partial charge in [-0.3, -0.25) is 0 Å². The predicted molar refractivity (Wildman–Crippen MR) is 85.8 cm³/mol. The fraction of sp³-hybridized carbons (Fsp3) is 0.500. The van der Waals surface area contributed by atoms with Gasteiger partial charge in [0.25, 0.3) is 0 Å². The highest BCUT2D eigenvalue weighted by molar-refractivity contribution is 5.89. The molecule has 0 aliphatic carbocycles. The summed E-state index contributed by atoms with van der Waals surface area (Å²) in [4.78, 5) is 11.4. The summed E-state index contributed by atoms with van der Waals surface area (Å²) in [6, 6.07) is 7.11. The van der Waals surface area contributed by atoms with E-state index in [0.29, 0.717) is 5.56 Å². The quantitative estimate of drug-likeness (QED) is 0.511. The van der Waals surface area contributed by atoms with Crippen LogP contribution >= 0.6 is 0 Å². The molecule has 0 heterocycles. The number of ether oxygens (including phenoxy) is 2. The third-order valence-electron chi connectivity index (χ3n) is 3.57. The van der Waals surface area contributed by atoms with Crippen molar-refractivity contribution in [1.82, 2.24) is 0 Å².